The maximum Gasteiger partial charge on any atom is 0.337 e. The van der Waals surface area contributed by atoms with Crippen LogP contribution in [0.15, 0.2) is 91.0 Å². The van der Waals surface area contributed by atoms with Crippen molar-refractivity contribution in [2.24, 2.45) is 0 Å². The standard InChI is InChI=1S/C25H19NO3/c27-24(26-23-14-4-3-12-22(23)25(28)29)16-17-7-5-10-19(15-17)21-13-6-9-18-8-1-2-11-20(18)21/h1-15H,16H2,(H,26,27)(H,28,29). The van der Waals surface area contributed by atoms with Crippen LogP contribution < -0.4 is 5.32 Å². The summed E-state index contributed by atoms with van der Waals surface area (Å²) in [7, 11) is 0. The van der Waals surface area contributed by atoms with Crippen molar-refractivity contribution in [3.8, 4) is 11.1 Å². The highest BCUT2D eigenvalue weighted by Gasteiger charge is 2.12. The second kappa shape index (κ2) is 7.98. The number of para-hydroxylation sites is 1. The van der Waals surface area contributed by atoms with Crippen LogP contribution in [0.4, 0.5) is 5.69 Å². The van der Waals surface area contributed by atoms with Crippen molar-refractivity contribution in [2.75, 3.05) is 5.32 Å². The Morgan fingerprint density at radius 1 is 0.793 bits per heavy atom. The van der Waals surface area contributed by atoms with Gasteiger partial charge in [-0.1, -0.05) is 78.9 Å². The van der Waals surface area contributed by atoms with E-state index in [4.69, 9.17) is 0 Å². The molecule has 0 fully saturated rings. The molecule has 1 amide bonds. The highest BCUT2D eigenvalue weighted by atomic mass is 16.4. The molecular weight excluding hydrogens is 362 g/mol. The van der Waals surface area contributed by atoms with Crippen molar-refractivity contribution in [3.05, 3.63) is 102 Å². The number of hydrogen-bond acceptors (Lipinski definition) is 2. The summed E-state index contributed by atoms with van der Waals surface area (Å²) in [6.45, 7) is 0. The zero-order chi connectivity index (χ0) is 20.2. The van der Waals surface area contributed by atoms with Crippen LogP contribution in [0.2, 0.25) is 0 Å². The Balaban J connectivity index is 1.58. The van der Waals surface area contributed by atoms with E-state index in [9.17, 15) is 14.7 Å². The van der Waals surface area contributed by atoms with Crippen molar-refractivity contribution in [1.29, 1.82) is 0 Å². The fourth-order valence-corrected chi connectivity index (χ4v) is 3.48. The van der Waals surface area contributed by atoms with Gasteiger partial charge in [0, 0.05) is 0 Å². The number of hydrogen-bond donors (Lipinski definition) is 2. The highest BCUT2D eigenvalue weighted by Crippen LogP contribution is 2.29. The van der Waals surface area contributed by atoms with Gasteiger partial charge in [0.05, 0.1) is 17.7 Å². The topological polar surface area (TPSA) is 66.4 Å². The molecule has 0 saturated carbocycles. The van der Waals surface area contributed by atoms with Gasteiger partial charge < -0.3 is 10.4 Å². The molecule has 0 atom stereocenters. The third kappa shape index (κ3) is 4.01. The number of amides is 1. The van der Waals surface area contributed by atoms with Crippen LogP contribution in [0.5, 0.6) is 0 Å². The predicted octanol–water partition coefficient (Wildman–Crippen LogP) is 5.39. The second-order valence-corrected chi connectivity index (χ2v) is 6.80. The number of nitrogens with one attached hydrogen (secondary N) is 1. The normalized spacial score (nSPS) is 10.6. The maximum absolute atomic E-state index is 12.5. The molecule has 4 nitrogen and oxygen atoms in total. The largest absolute Gasteiger partial charge is 0.478 e. The van der Waals surface area contributed by atoms with E-state index in [-0.39, 0.29) is 17.9 Å². The predicted molar refractivity (Wildman–Crippen MR) is 115 cm³/mol. The Labute approximate surface area is 168 Å². The lowest BCUT2D eigenvalue weighted by atomic mass is 9.96. The highest BCUT2D eigenvalue weighted by molar-refractivity contribution is 6.01. The zero-order valence-corrected chi connectivity index (χ0v) is 15.6. The number of benzene rings is 4. The van der Waals surface area contributed by atoms with E-state index < -0.39 is 5.97 Å². The Morgan fingerprint density at radius 3 is 2.38 bits per heavy atom. The third-order valence-corrected chi connectivity index (χ3v) is 4.82. The number of carboxylic acid groups (broad SMARTS) is 1. The Hall–Kier alpha value is -3.92. The van der Waals surface area contributed by atoms with E-state index in [0.717, 1.165) is 22.1 Å². The quantitative estimate of drug-likeness (QED) is 0.487. The van der Waals surface area contributed by atoms with E-state index in [2.05, 4.69) is 29.6 Å². The molecule has 4 rings (SSSR count). The van der Waals surface area contributed by atoms with Gasteiger partial charge in [0.1, 0.15) is 0 Å². The van der Waals surface area contributed by atoms with Gasteiger partial charge in [-0.2, -0.15) is 0 Å². The van der Waals surface area contributed by atoms with Gasteiger partial charge in [0.15, 0.2) is 0 Å². The first-order valence-electron chi connectivity index (χ1n) is 9.31. The lowest BCUT2D eigenvalue weighted by Crippen LogP contribution is -2.16. The molecule has 0 bridgehead atoms. The first-order valence-corrected chi connectivity index (χ1v) is 9.31. The molecule has 4 aromatic carbocycles. The van der Waals surface area contributed by atoms with Crippen LogP contribution in [0, 0.1) is 0 Å². The van der Waals surface area contributed by atoms with Crippen LogP contribution in [0.1, 0.15) is 15.9 Å². The number of aromatic carboxylic acids is 1. The molecule has 4 aromatic rings. The SMILES string of the molecule is O=C(Cc1cccc(-c2cccc3ccccc23)c1)Nc1ccccc1C(=O)O. The van der Waals surface area contributed by atoms with Crippen molar-refractivity contribution < 1.29 is 14.7 Å². The Morgan fingerprint density at radius 2 is 1.52 bits per heavy atom. The summed E-state index contributed by atoms with van der Waals surface area (Å²) < 4.78 is 0. The molecule has 0 radical (unpaired) electrons. The summed E-state index contributed by atoms with van der Waals surface area (Å²) in [5.41, 5.74) is 3.39. The third-order valence-electron chi connectivity index (χ3n) is 4.82. The van der Waals surface area contributed by atoms with Crippen LogP contribution in [-0.2, 0) is 11.2 Å². The lowest BCUT2D eigenvalue weighted by Gasteiger charge is -2.10. The lowest BCUT2D eigenvalue weighted by molar-refractivity contribution is -0.115. The number of rotatable bonds is 5. The van der Waals surface area contributed by atoms with Gasteiger partial charge in [0.25, 0.3) is 0 Å². The minimum absolute atomic E-state index is 0.0744. The van der Waals surface area contributed by atoms with E-state index >= 15 is 0 Å². The fraction of sp³-hybridized carbons (Fsp3) is 0.0400. The van der Waals surface area contributed by atoms with Crippen molar-refractivity contribution in [1.82, 2.24) is 0 Å². The molecule has 29 heavy (non-hydrogen) atoms. The van der Waals surface area contributed by atoms with E-state index in [1.807, 2.05) is 42.5 Å². The van der Waals surface area contributed by atoms with Gasteiger partial charge in [-0.25, -0.2) is 4.79 Å². The molecule has 0 aliphatic heterocycles. The minimum atomic E-state index is -1.07. The van der Waals surface area contributed by atoms with Crippen LogP contribution in [-0.4, -0.2) is 17.0 Å². The van der Waals surface area contributed by atoms with Crippen molar-refractivity contribution in [2.45, 2.75) is 6.42 Å². The number of carboxylic acids is 1. The van der Waals surface area contributed by atoms with Crippen LogP contribution >= 0.6 is 0 Å². The molecule has 2 N–H and O–H groups in total. The average molecular weight is 381 g/mol. The number of carbonyl (C=O) groups excluding carboxylic acids is 1. The summed E-state index contributed by atoms with van der Waals surface area (Å²) in [5, 5.41) is 14.3. The molecule has 4 heteroatoms. The monoisotopic (exact) mass is 381 g/mol. The molecule has 0 heterocycles. The molecule has 0 aromatic heterocycles. The first kappa shape index (κ1) is 18.4. The summed E-state index contributed by atoms with van der Waals surface area (Å²) in [6, 6.07) is 28.6. The summed E-state index contributed by atoms with van der Waals surface area (Å²) in [5.74, 6) is -1.33. The number of fused-ring (bicyclic) bond motifs is 1. The molecule has 142 valence electrons. The summed E-state index contributed by atoms with van der Waals surface area (Å²) in [4.78, 5) is 23.8. The van der Waals surface area contributed by atoms with Gasteiger partial charge in [-0.3, -0.25) is 4.79 Å². The molecular formula is C25H19NO3. The molecule has 0 spiro atoms. The van der Waals surface area contributed by atoms with Gasteiger partial charge in [-0.15, -0.1) is 0 Å². The first-order chi connectivity index (χ1) is 14.1. The van der Waals surface area contributed by atoms with Gasteiger partial charge >= 0.3 is 5.97 Å². The van der Waals surface area contributed by atoms with E-state index in [1.54, 1.807) is 18.2 Å². The summed E-state index contributed by atoms with van der Waals surface area (Å²) in [6.07, 6.45) is 0.159. The van der Waals surface area contributed by atoms with E-state index in [0.29, 0.717) is 5.69 Å². The molecule has 0 aliphatic carbocycles. The molecule has 0 aliphatic rings. The Bertz CT molecular complexity index is 1210. The smallest absolute Gasteiger partial charge is 0.337 e. The van der Waals surface area contributed by atoms with E-state index in [1.165, 1.54) is 11.5 Å². The maximum atomic E-state index is 12.5. The van der Waals surface area contributed by atoms with Crippen LogP contribution in [0.25, 0.3) is 21.9 Å². The van der Waals surface area contributed by atoms with Crippen molar-refractivity contribution in [3.63, 3.8) is 0 Å². The number of carbonyl (C=O) groups is 2. The van der Waals surface area contributed by atoms with Gasteiger partial charge in [0.2, 0.25) is 5.91 Å². The summed E-state index contributed by atoms with van der Waals surface area (Å²) >= 11 is 0. The zero-order valence-electron chi connectivity index (χ0n) is 15.6. The molecule has 0 unspecified atom stereocenters. The second-order valence-electron chi connectivity index (χ2n) is 6.80. The molecule has 0 saturated heterocycles. The minimum Gasteiger partial charge on any atom is -0.478 e. The van der Waals surface area contributed by atoms with Gasteiger partial charge in [-0.05, 0) is 39.6 Å². The van der Waals surface area contributed by atoms with Crippen LogP contribution in [0.3, 0.4) is 0 Å². The fourth-order valence-electron chi connectivity index (χ4n) is 3.48. The number of anilines is 1. The van der Waals surface area contributed by atoms with Crippen molar-refractivity contribution >= 4 is 28.3 Å². The average Bonchev–Trinajstić information content (AvgIpc) is 2.73. The Kier molecular flexibility index (Phi) is 5.08.